The Bertz CT molecular complexity index is 778. The summed E-state index contributed by atoms with van der Waals surface area (Å²) in [4.78, 5) is 25.4. The molecule has 4 nitrogen and oxygen atoms in total. The molecular formula is C18H17NO3. The van der Waals surface area contributed by atoms with E-state index in [0.29, 0.717) is 27.9 Å². The quantitative estimate of drug-likeness (QED) is 0.779. The van der Waals surface area contributed by atoms with Crippen molar-refractivity contribution >= 4 is 17.3 Å². The van der Waals surface area contributed by atoms with Crippen molar-refractivity contribution in [3.8, 4) is 0 Å². The third-order valence-electron chi connectivity index (χ3n) is 3.82. The number of hydrogen-bond donors (Lipinski definition) is 2. The minimum absolute atomic E-state index is 0.0879. The number of rotatable bonds is 3. The number of anilines is 1. The largest absolute Gasteiger partial charge is 0.394 e. The summed E-state index contributed by atoms with van der Waals surface area (Å²) in [7, 11) is 0. The van der Waals surface area contributed by atoms with Crippen molar-refractivity contribution in [2.24, 2.45) is 0 Å². The summed E-state index contributed by atoms with van der Waals surface area (Å²) in [5.41, 5.74) is 1.64. The van der Waals surface area contributed by atoms with Gasteiger partial charge in [-0.3, -0.25) is 9.59 Å². The lowest BCUT2D eigenvalue weighted by molar-refractivity contribution is 0.0979. The van der Waals surface area contributed by atoms with Crippen molar-refractivity contribution in [2.75, 3.05) is 11.9 Å². The summed E-state index contributed by atoms with van der Waals surface area (Å²) in [6, 6.07) is 12.0. The van der Waals surface area contributed by atoms with E-state index in [2.05, 4.69) is 5.32 Å². The Hall–Kier alpha value is -2.46. The van der Waals surface area contributed by atoms with Crippen LogP contribution < -0.4 is 5.32 Å². The van der Waals surface area contributed by atoms with Crippen LogP contribution in [-0.4, -0.2) is 28.8 Å². The third-order valence-corrected chi connectivity index (χ3v) is 3.82. The first-order valence-electron chi connectivity index (χ1n) is 7.15. The summed E-state index contributed by atoms with van der Waals surface area (Å²) in [5, 5.41) is 12.6. The fourth-order valence-corrected chi connectivity index (χ4v) is 2.65. The summed E-state index contributed by atoms with van der Waals surface area (Å²) in [6.07, 6.45) is 0. The Morgan fingerprint density at radius 1 is 0.909 bits per heavy atom. The molecule has 0 aliphatic heterocycles. The van der Waals surface area contributed by atoms with Crippen molar-refractivity contribution in [2.45, 2.75) is 19.4 Å². The van der Waals surface area contributed by atoms with Gasteiger partial charge in [0.05, 0.1) is 17.7 Å². The Balaban J connectivity index is 2.17. The third kappa shape index (κ3) is 2.22. The van der Waals surface area contributed by atoms with Gasteiger partial charge in [0.2, 0.25) is 0 Å². The van der Waals surface area contributed by atoms with Crippen LogP contribution in [0, 0.1) is 0 Å². The van der Waals surface area contributed by atoms with E-state index in [-0.39, 0.29) is 18.2 Å². The minimum Gasteiger partial charge on any atom is -0.394 e. The number of hydrogen-bond acceptors (Lipinski definition) is 4. The maximum absolute atomic E-state index is 12.8. The molecule has 0 spiro atoms. The van der Waals surface area contributed by atoms with Gasteiger partial charge in [-0.2, -0.15) is 0 Å². The molecule has 0 amide bonds. The second-order valence-electron chi connectivity index (χ2n) is 6.10. The molecule has 1 aliphatic rings. The highest BCUT2D eigenvalue weighted by atomic mass is 16.3. The molecule has 0 unspecified atom stereocenters. The minimum atomic E-state index is -0.588. The van der Waals surface area contributed by atoms with Crippen LogP contribution in [0.4, 0.5) is 5.69 Å². The molecule has 0 saturated carbocycles. The fourth-order valence-electron chi connectivity index (χ4n) is 2.65. The van der Waals surface area contributed by atoms with Gasteiger partial charge >= 0.3 is 0 Å². The van der Waals surface area contributed by atoms with Gasteiger partial charge in [-0.25, -0.2) is 0 Å². The molecule has 0 fully saturated rings. The standard InChI is InChI=1S/C18H17NO3/c1-18(2,10-20)19-14-9-5-8-13-15(14)17(22)12-7-4-3-6-11(12)16(13)21/h3-9,19-20H,10H2,1-2H3. The first-order chi connectivity index (χ1) is 10.4. The Morgan fingerprint density at radius 3 is 2.14 bits per heavy atom. The van der Waals surface area contributed by atoms with Crippen LogP contribution in [0.5, 0.6) is 0 Å². The van der Waals surface area contributed by atoms with Crippen LogP contribution in [0.2, 0.25) is 0 Å². The van der Waals surface area contributed by atoms with E-state index in [4.69, 9.17) is 0 Å². The number of fused-ring (bicyclic) bond motifs is 2. The highest BCUT2D eigenvalue weighted by Gasteiger charge is 2.32. The summed E-state index contributed by atoms with van der Waals surface area (Å²) in [5.74, 6) is -0.308. The molecule has 112 valence electrons. The lowest BCUT2D eigenvalue weighted by Crippen LogP contribution is -2.36. The van der Waals surface area contributed by atoms with Crippen LogP contribution in [-0.2, 0) is 0 Å². The number of ketones is 2. The second kappa shape index (κ2) is 5.07. The van der Waals surface area contributed by atoms with Crippen LogP contribution >= 0.6 is 0 Å². The molecule has 3 rings (SSSR count). The van der Waals surface area contributed by atoms with Gasteiger partial charge in [0, 0.05) is 22.4 Å². The van der Waals surface area contributed by atoms with Gasteiger partial charge in [-0.15, -0.1) is 0 Å². The Morgan fingerprint density at radius 2 is 1.50 bits per heavy atom. The Labute approximate surface area is 128 Å². The van der Waals surface area contributed by atoms with Crippen LogP contribution in [0.25, 0.3) is 0 Å². The molecule has 4 heteroatoms. The first kappa shape index (κ1) is 14.5. The molecule has 0 radical (unpaired) electrons. The Kier molecular flexibility index (Phi) is 3.34. The molecule has 22 heavy (non-hydrogen) atoms. The zero-order chi connectivity index (χ0) is 15.9. The predicted octanol–water partition coefficient (Wildman–Crippen LogP) is 2.64. The highest BCUT2D eigenvalue weighted by molar-refractivity contribution is 6.30. The second-order valence-corrected chi connectivity index (χ2v) is 6.10. The lowest BCUT2D eigenvalue weighted by Gasteiger charge is -2.28. The average Bonchev–Trinajstić information content (AvgIpc) is 2.52. The number of carbonyl (C=O) groups is 2. The first-order valence-corrected chi connectivity index (χ1v) is 7.15. The molecule has 2 aromatic rings. The van der Waals surface area contributed by atoms with Crippen molar-refractivity contribution in [3.05, 3.63) is 64.7 Å². The van der Waals surface area contributed by atoms with Gasteiger partial charge in [-0.1, -0.05) is 36.4 Å². The fraction of sp³-hybridized carbons (Fsp3) is 0.222. The van der Waals surface area contributed by atoms with Gasteiger partial charge in [-0.05, 0) is 19.9 Å². The zero-order valence-electron chi connectivity index (χ0n) is 12.5. The summed E-state index contributed by atoms with van der Waals surface area (Å²) in [6.45, 7) is 3.57. The van der Waals surface area contributed by atoms with Crippen LogP contribution in [0.3, 0.4) is 0 Å². The topological polar surface area (TPSA) is 66.4 Å². The predicted molar refractivity (Wildman–Crippen MR) is 84.5 cm³/mol. The number of benzene rings is 2. The van der Waals surface area contributed by atoms with E-state index in [1.807, 2.05) is 13.8 Å². The number of nitrogens with one attached hydrogen (secondary N) is 1. The molecule has 0 atom stereocenters. The van der Waals surface area contributed by atoms with Gasteiger partial charge in [0.25, 0.3) is 0 Å². The van der Waals surface area contributed by atoms with Gasteiger partial charge in [0.1, 0.15) is 0 Å². The van der Waals surface area contributed by atoms with E-state index in [1.165, 1.54) is 0 Å². The average molecular weight is 295 g/mol. The zero-order valence-corrected chi connectivity index (χ0v) is 12.5. The van der Waals surface area contributed by atoms with Crippen molar-refractivity contribution in [3.63, 3.8) is 0 Å². The lowest BCUT2D eigenvalue weighted by atomic mass is 9.83. The molecule has 2 aromatic carbocycles. The van der Waals surface area contributed by atoms with E-state index in [1.54, 1.807) is 42.5 Å². The molecule has 0 bridgehead atoms. The van der Waals surface area contributed by atoms with Crippen LogP contribution in [0.1, 0.15) is 45.7 Å². The molecule has 0 aromatic heterocycles. The highest BCUT2D eigenvalue weighted by Crippen LogP contribution is 2.32. The maximum Gasteiger partial charge on any atom is 0.196 e. The summed E-state index contributed by atoms with van der Waals surface area (Å²) < 4.78 is 0. The molecule has 2 N–H and O–H groups in total. The molecular weight excluding hydrogens is 278 g/mol. The van der Waals surface area contributed by atoms with Crippen molar-refractivity contribution < 1.29 is 14.7 Å². The molecule has 1 aliphatic carbocycles. The maximum atomic E-state index is 12.8. The number of carbonyl (C=O) groups excluding carboxylic acids is 2. The number of aliphatic hydroxyl groups is 1. The van der Waals surface area contributed by atoms with E-state index in [9.17, 15) is 14.7 Å². The van der Waals surface area contributed by atoms with Gasteiger partial charge < -0.3 is 10.4 Å². The van der Waals surface area contributed by atoms with Crippen molar-refractivity contribution in [1.29, 1.82) is 0 Å². The van der Waals surface area contributed by atoms with E-state index < -0.39 is 5.54 Å². The van der Waals surface area contributed by atoms with Crippen LogP contribution in [0.15, 0.2) is 42.5 Å². The smallest absolute Gasteiger partial charge is 0.196 e. The molecule has 0 saturated heterocycles. The van der Waals surface area contributed by atoms with E-state index >= 15 is 0 Å². The van der Waals surface area contributed by atoms with Crippen molar-refractivity contribution in [1.82, 2.24) is 0 Å². The monoisotopic (exact) mass is 295 g/mol. The van der Waals surface area contributed by atoms with Gasteiger partial charge in [0.15, 0.2) is 11.6 Å². The molecule has 0 heterocycles. The van der Waals surface area contributed by atoms with E-state index in [0.717, 1.165) is 0 Å². The summed E-state index contributed by atoms with van der Waals surface area (Å²) >= 11 is 0. The SMILES string of the molecule is CC(C)(CO)Nc1cccc2c1C(=O)c1ccccc1C2=O. The number of aliphatic hydroxyl groups excluding tert-OH is 1. The normalized spacial score (nSPS) is 13.6.